The van der Waals surface area contributed by atoms with E-state index in [4.69, 9.17) is 9.52 Å². The Kier molecular flexibility index (Phi) is 3.93. The zero-order valence-electron chi connectivity index (χ0n) is 11.1. The number of carboxylic acids is 1. The molecule has 1 aromatic rings. The Labute approximate surface area is 112 Å². The number of amides is 1. The van der Waals surface area contributed by atoms with Crippen LogP contribution < -0.4 is 5.32 Å². The Hall–Kier alpha value is -1.78. The minimum Gasteiger partial charge on any atom is -0.481 e. The standard InChI is InChI=1S/C14H19NO4/c1-10-7-11(9-19-10)13(18)15-14(8-12(16)17)5-3-2-4-6-14/h7,9H,2-6,8H2,1H3,(H,15,18)(H,16,17). The van der Waals surface area contributed by atoms with Crippen LogP contribution >= 0.6 is 0 Å². The highest BCUT2D eigenvalue weighted by Gasteiger charge is 2.36. The summed E-state index contributed by atoms with van der Waals surface area (Å²) >= 11 is 0. The van der Waals surface area contributed by atoms with Crippen LogP contribution in [0.2, 0.25) is 0 Å². The van der Waals surface area contributed by atoms with E-state index in [2.05, 4.69) is 5.32 Å². The molecular formula is C14H19NO4. The third kappa shape index (κ3) is 3.36. The van der Waals surface area contributed by atoms with Crippen LogP contribution in [0.3, 0.4) is 0 Å². The number of rotatable bonds is 4. The van der Waals surface area contributed by atoms with Gasteiger partial charge in [-0.15, -0.1) is 0 Å². The van der Waals surface area contributed by atoms with Crippen molar-refractivity contribution in [1.29, 1.82) is 0 Å². The van der Waals surface area contributed by atoms with Gasteiger partial charge >= 0.3 is 5.97 Å². The van der Waals surface area contributed by atoms with E-state index in [0.29, 0.717) is 11.3 Å². The molecule has 0 aliphatic heterocycles. The van der Waals surface area contributed by atoms with Crippen molar-refractivity contribution in [2.75, 3.05) is 0 Å². The molecule has 1 aliphatic carbocycles. The second kappa shape index (κ2) is 5.47. The first-order chi connectivity index (χ1) is 9.01. The highest BCUT2D eigenvalue weighted by Crippen LogP contribution is 2.31. The molecule has 0 saturated heterocycles. The van der Waals surface area contributed by atoms with Gasteiger partial charge in [0.25, 0.3) is 5.91 Å². The monoisotopic (exact) mass is 265 g/mol. The average molecular weight is 265 g/mol. The zero-order valence-corrected chi connectivity index (χ0v) is 11.1. The molecule has 5 heteroatoms. The number of aliphatic carboxylic acids is 1. The predicted molar refractivity (Wildman–Crippen MR) is 69.0 cm³/mol. The molecule has 1 heterocycles. The topological polar surface area (TPSA) is 79.5 Å². The number of aryl methyl sites for hydroxylation is 1. The van der Waals surface area contributed by atoms with E-state index in [9.17, 15) is 9.59 Å². The molecule has 0 spiro atoms. The molecule has 1 aromatic heterocycles. The van der Waals surface area contributed by atoms with Crippen molar-refractivity contribution in [2.45, 2.75) is 51.0 Å². The van der Waals surface area contributed by atoms with Crippen molar-refractivity contribution >= 4 is 11.9 Å². The Morgan fingerprint density at radius 2 is 2.05 bits per heavy atom. The van der Waals surface area contributed by atoms with E-state index in [-0.39, 0.29) is 12.3 Å². The van der Waals surface area contributed by atoms with Crippen LogP contribution in [0, 0.1) is 6.92 Å². The first kappa shape index (κ1) is 13.6. The van der Waals surface area contributed by atoms with Crippen LogP contribution in [-0.2, 0) is 4.79 Å². The first-order valence-corrected chi connectivity index (χ1v) is 6.60. The van der Waals surface area contributed by atoms with Crippen molar-refractivity contribution in [3.63, 3.8) is 0 Å². The molecule has 1 saturated carbocycles. The summed E-state index contributed by atoms with van der Waals surface area (Å²) in [6, 6.07) is 1.66. The second-order valence-corrected chi connectivity index (χ2v) is 5.31. The van der Waals surface area contributed by atoms with Gasteiger partial charge in [-0.3, -0.25) is 9.59 Å². The Balaban J connectivity index is 2.11. The molecule has 0 atom stereocenters. The second-order valence-electron chi connectivity index (χ2n) is 5.31. The highest BCUT2D eigenvalue weighted by atomic mass is 16.4. The van der Waals surface area contributed by atoms with Gasteiger partial charge in [0.2, 0.25) is 0 Å². The van der Waals surface area contributed by atoms with Crippen LogP contribution in [0.1, 0.15) is 54.6 Å². The van der Waals surface area contributed by atoms with Crippen LogP contribution in [0.15, 0.2) is 16.7 Å². The van der Waals surface area contributed by atoms with Crippen LogP contribution in [-0.4, -0.2) is 22.5 Å². The van der Waals surface area contributed by atoms with Gasteiger partial charge in [-0.25, -0.2) is 0 Å². The summed E-state index contributed by atoms with van der Waals surface area (Å²) in [6.07, 6.45) is 5.85. The van der Waals surface area contributed by atoms with Gasteiger partial charge in [0, 0.05) is 0 Å². The fourth-order valence-corrected chi connectivity index (χ4v) is 2.74. The molecule has 0 unspecified atom stereocenters. The van der Waals surface area contributed by atoms with E-state index in [1.165, 1.54) is 6.26 Å². The fourth-order valence-electron chi connectivity index (χ4n) is 2.74. The molecule has 1 fully saturated rings. The molecule has 1 aliphatic rings. The largest absolute Gasteiger partial charge is 0.481 e. The molecule has 0 aromatic carbocycles. The Bertz CT molecular complexity index is 472. The number of hydrogen-bond acceptors (Lipinski definition) is 3. The van der Waals surface area contributed by atoms with Crippen LogP contribution in [0.4, 0.5) is 0 Å². The number of nitrogens with one attached hydrogen (secondary N) is 1. The zero-order chi connectivity index (χ0) is 13.9. The van der Waals surface area contributed by atoms with Crippen molar-refractivity contribution in [2.24, 2.45) is 0 Å². The van der Waals surface area contributed by atoms with Crippen LogP contribution in [0.5, 0.6) is 0 Å². The minimum atomic E-state index is -0.870. The summed E-state index contributed by atoms with van der Waals surface area (Å²) in [6.45, 7) is 1.77. The first-order valence-electron chi connectivity index (χ1n) is 6.60. The van der Waals surface area contributed by atoms with Crippen molar-refractivity contribution in [3.8, 4) is 0 Å². The number of carbonyl (C=O) groups is 2. The third-order valence-corrected chi connectivity index (χ3v) is 3.67. The van der Waals surface area contributed by atoms with Gasteiger partial charge in [-0.2, -0.15) is 0 Å². The number of furan rings is 1. The molecule has 2 rings (SSSR count). The van der Waals surface area contributed by atoms with Gasteiger partial charge in [-0.05, 0) is 25.8 Å². The number of carboxylic acid groups (broad SMARTS) is 1. The third-order valence-electron chi connectivity index (χ3n) is 3.67. The van der Waals surface area contributed by atoms with Gasteiger partial charge in [0.15, 0.2) is 0 Å². The molecule has 2 N–H and O–H groups in total. The lowest BCUT2D eigenvalue weighted by Gasteiger charge is -2.36. The average Bonchev–Trinajstić information content (AvgIpc) is 2.76. The lowest BCUT2D eigenvalue weighted by Crippen LogP contribution is -2.51. The molecule has 0 radical (unpaired) electrons. The fraction of sp³-hybridized carbons (Fsp3) is 0.571. The van der Waals surface area contributed by atoms with E-state index in [0.717, 1.165) is 32.1 Å². The van der Waals surface area contributed by atoms with E-state index in [1.807, 2.05) is 0 Å². The summed E-state index contributed by atoms with van der Waals surface area (Å²) in [5.41, 5.74) is -0.153. The summed E-state index contributed by atoms with van der Waals surface area (Å²) in [5, 5.41) is 12.0. The maximum Gasteiger partial charge on any atom is 0.305 e. The van der Waals surface area contributed by atoms with Gasteiger partial charge < -0.3 is 14.8 Å². The van der Waals surface area contributed by atoms with Crippen molar-refractivity contribution in [3.05, 3.63) is 23.7 Å². The SMILES string of the molecule is Cc1cc(C(=O)NC2(CC(=O)O)CCCCC2)co1. The molecule has 19 heavy (non-hydrogen) atoms. The smallest absolute Gasteiger partial charge is 0.305 e. The van der Waals surface area contributed by atoms with Crippen LogP contribution in [0.25, 0.3) is 0 Å². The van der Waals surface area contributed by atoms with Gasteiger partial charge in [0.05, 0.1) is 17.5 Å². The molecular weight excluding hydrogens is 246 g/mol. The van der Waals surface area contributed by atoms with Gasteiger partial charge in [0.1, 0.15) is 12.0 Å². The van der Waals surface area contributed by atoms with Crippen molar-refractivity contribution in [1.82, 2.24) is 5.32 Å². The van der Waals surface area contributed by atoms with E-state index >= 15 is 0 Å². The molecule has 104 valence electrons. The predicted octanol–water partition coefficient (Wildman–Crippen LogP) is 2.50. The minimum absolute atomic E-state index is 0.0183. The summed E-state index contributed by atoms with van der Waals surface area (Å²) in [7, 11) is 0. The highest BCUT2D eigenvalue weighted by molar-refractivity contribution is 5.94. The Morgan fingerprint density at radius 3 is 2.58 bits per heavy atom. The number of carbonyl (C=O) groups excluding carboxylic acids is 1. The molecule has 1 amide bonds. The molecule has 0 bridgehead atoms. The molecule has 5 nitrogen and oxygen atoms in total. The maximum atomic E-state index is 12.1. The van der Waals surface area contributed by atoms with E-state index < -0.39 is 11.5 Å². The van der Waals surface area contributed by atoms with Crippen molar-refractivity contribution < 1.29 is 19.1 Å². The summed E-state index contributed by atoms with van der Waals surface area (Å²) in [5.74, 6) is -0.452. The lowest BCUT2D eigenvalue weighted by molar-refractivity contribution is -0.139. The summed E-state index contributed by atoms with van der Waals surface area (Å²) < 4.78 is 5.11. The maximum absolute atomic E-state index is 12.1. The lowest BCUT2D eigenvalue weighted by atomic mass is 9.79. The normalized spacial score (nSPS) is 17.9. The Morgan fingerprint density at radius 1 is 1.37 bits per heavy atom. The quantitative estimate of drug-likeness (QED) is 0.876. The number of hydrogen-bond donors (Lipinski definition) is 2. The summed E-state index contributed by atoms with van der Waals surface area (Å²) in [4.78, 5) is 23.2. The van der Waals surface area contributed by atoms with Gasteiger partial charge in [-0.1, -0.05) is 19.3 Å². The van der Waals surface area contributed by atoms with E-state index in [1.54, 1.807) is 13.0 Å².